The van der Waals surface area contributed by atoms with Gasteiger partial charge in [-0.25, -0.2) is 0 Å². The minimum atomic E-state index is -0.571. The molecule has 0 unspecified atom stereocenters. The lowest BCUT2D eigenvalue weighted by Crippen LogP contribution is -2.13. The predicted octanol–water partition coefficient (Wildman–Crippen LogP) is 6.22. The maximum atomic E-state index is 12.5. The fourth-order valence-corrected chi connectivity index (χ4v) is 3.32. The average molecular weight is 483 g/mol. The van der Waals surface area contributed by atoms with Gasteiger partial charge in [0.25, 0.3) is 5.91 Å². The van der Waals surface area contributed by atoms with Crippen molar-refractivity contribution in [3.8, 4) is 23.3 Å². The van der Waals surface area contributed by atoms with Gasteiger partial charge in [-0.3, -0.25) is 4.79 Å². The van der Waals surface area contributed by atoms with Crippen LogP contribution in [0.5, 0.6) is 17.2 Å². The molecule has 33 heavy (non-hydrogen) atoms. The highest BCUT2D eigenvalue weighted by Crippen LogP contribution is 2.31. The third-order valence-electron chi connectivity index (χ3n) is 4.47. The number of hydrogen-bond donors (Lipinski definition) is 2. The van der Waals surface area contributed by atoms with Crippen molar-refractivity contribution < 1.29 is 19.4 Å². The summed E-state index contributed by atoms with van der Waals surface area (Å²) in [6.07, 6.45) is 1.46. The van der Waals surface area contributed by atoms with Crippen LogP contribution in [0.4, 0.5) is 5.69 Å². The van der Waals surface area contributed by atoms with E-state index in [4.69, 9.17) is 32.7 Å². The summed E-state index contributed by atoms with van der Waals surface area (Å²) in [5.41, 5.74) is 1.73. The molecular formula is C25H20Cl2N2O4. The third-order valence-corrected chi connectivity index (χ3v) is 5.05. The number of phenolic OH excluding ortho intramolecular Hbond substituents is 1. The van der Waals surface area contributed by atoms with Crippen molar-refractivity contribution in [1.82, 2.24) is 0 Å². The number of carbonyl (C=O) groups is 1. The van der Waals surface area contributed by atoms with Gasteiger partial charge in [-0.05, 0) is 67.1 Å². The van der Waals surface area contributed by atoms with E-state index < -0.39 is 5.91 Å². The number of anilines is 1. The molecule has 0 saturated heterocycles. The van der Waals surface area contributed by atoms with E-state index >= 15 is 0 Å². The zero-order chi connectivity index (χ0) is 23.8. The number of nitrogens with one attached hydrogen (secondary N) is 1. The summed E-state index contributed by atoms with van der Waals surface area (Å²) in [6.45, 7) is 2.45. The molecule has 0 bridgehead atoms. The van der Waals surface area contributed by atoms with Gasteiger partial charge in [0.05, 0.1) is 6.61 Å². The van der Waals surface area contributed by atoms with E-state index in [-0.39, 0.29) is 17.9 Å². The van der Waals surface area contributed by atoms with E-state index in [1.807, 2.05) is 13.0 Å². The standard InChI is InChI=1S/C25H20Cl2N2O4/c1-2-32-24-12-16(3-10-23(24)33-15-17-4-5-19(26)13-22(17)27)11-18(14-28)25(31)29-20-6-8-21(30)9-7-20/h3-13,30H,2,15H2,1H3,(H,29,31)/b18-11-. The van der Waals surface area contributed by atoms with Crippen LogP contribution >= 0.6 is 23.2 Å². The SMILES string of the molecule is CCOc1cc(/C=C(/C#N)C(=O)Nc2ccc(O)cc2)ccc1OCc1ccc(Cl)cc1Cl. The van der Waals surface area contributed by atoms with Crippen molar-refractivity contribution in [1.29, 1.82) is 5.26 Å². The largest absolute Gasteiger partial charge is 0.508 e. The minimum Gasteiger partial charge on any atom is -0.508 e. The second-order valence-corrected chi connectivity index (χ2v) is 7.68. The van der Waals surface area contributed by atoms with E-state index in [9.17, 15) is 15.2 Å². The highest BCUT2D eigenvalue weighted by molar-refractivity contribution is 6.35. The first-order valence-electron chi connectivity index (χ1n) is 9.95. The maximum absolute atomic E-state index is 12.5. The number of carbonyl (C=O) groups excluding carboxylic acids is 1. The van der Waals surface area contributed by atoms with E-state index in [0.717, 1.165) is 5.56 Å². The van der Waals surface area contributed by atoms with Crippen LogP contribution in [0.2, 0.25) is 10.0 Å². The van der Waals surface area contributed by atoms with Gasteiger partial charge in [-0.1, -0.05) is 35.3 Å². The molecule has 0 fully saturated rings. The first kappa shape index (κ1) is 24.0. The number of benzene rings is 3. The lowest BCUT2D eigenvalue weighted by molar-refractivity contribution is -0.112. The average Bonchev–Trinajstić information content (AvgIpc) is 2.79. The molecule has 3 rings (SSSR count). The number of phenols is 1. The number of rotatable bonds is 8. The Morgan fingerprint density at radius 3 is 2.48 bits per heavy atom. The van der Waals surface area contributed by atoms with Crippen LogP contribution < -0.4 is 14.8 Å². The van der Waals surface area contributed by atoms with Crippen molar-refractivity contribution in [2.75, 3.05) is 11.9 Å². The summed E-state index contributed by atoms with van der Waals surface area (Å²) < 4.78 is 11.6. The molecule has 0 spiro atoms. The van der Waals surface area contributed by atoms with Gasteiger partial charge in [-0.15, -0.1) is 0 Å². The van der Waals surface area contributed by atoms with E-state index in [1.165, 1.54) is 30.3 Å². The van der Waals surface area contributed by atoms with Crippen LogP contribution in [0.25, 0.3) is 6.08 Å². The molecule has 0 aliphatic heterocycles. The number of ether oxygens (including phenoxy) is 2. The molecule has 0 radical (unpaired) electrons. The second-order valence-electron chi connectivity index (χ2n) is 6.83. The summed E-state index contributed by atoms with van der Waals surface area (Å²) in [5, 5.41) is 22.5. The molecule has 1 amide bonds. The normalized spacial score (nSPS) is 10.9. The number of halogens is 2. The zero-order valence-corrected chi connectivity index (χ0v) is 19.2. The van der Waals surface area contributed by atoms with Gasteiger partial charge < -0.3 is 19.9 Å². The minimum absolute atomic E-state index is 0.0770. The molecule has 6 nitrogen and oxygen atoms in total. The van der Waals surface area contributed by atoms with Crippen molar-refractivity contribution in [2.45, 2.75) is 13.5 Å². The highest BCUT2D eigenvalue weighted by atomic mass is 35.5. The van der Waals surface area contributed by atoms with Gasteiger partial charge in [0.15, 0.2) is 11.5 Å². The molecule has 168 valence electrons. The fourth-order valence-electron chi connectivity index (χ4n) is 2.85. The smallest absolute Gasteiger partial charge is 0.266 e. The number of nitriles is 1. The van der Waals surface area contributed by atoms with Crippen molar-refractivity contribution in [3.63, 3.8) is 0 Å². The highest BCUT2D eigenvalue weighted by Gasteiger charge is 2.12. The number of hydrogen-bond acceptors (Lipinski definition) is 5. The Morgan fingerprint density at radius 2 is 1.82 bits per heavy atom. The second kappa shape index (κ2) is 11.3. The van der Waals surface area contributed by atoms with Crippen LogP contribution in [0.1, 0.15) is 18.1 Å². The van der Waals surface area contributed by atoms with Crippen LogP contribution in [-0.2, 0) is 11.4 Å². The van der Waals surface area contributed by atoms with Crippen molar-refractivity contribution >= 4 is 40.9 Å². The molecular weight excluding hydrogens is 463 g/mol. The summed E-state index contributed by atoms with van der Waals surface area (Å²) >= 11 is 12.1. The summed E-state index contributed by atoms with van der Waals surface area (Å²) in [6, 6.07) is 18.1. The molecule has 3 aromatic rings. The van der Waals surface area contributed by atoms with Gasteiger partial charge >= 0.3 is 0 Å². The predicted molar refractivity (Wildman–Crippen MR) is 129 cm³/mol. The zero-order valence-electron chi connectivity index (χ0n) is 17.6. The van der Waals surface area contributed by atoms with Crippen LogP contribution in [0, 0.1) is 11.3 Å². The van der Waals surface area contributed by atoms with Gasteiger partial charge in [-0.2, -0.15) is 5.26 Å². The Morgan fingerprint density at radius 1 is 1.06 bits per heavy atom. The molecule has 0 aliphatic rings. The molecule has 0 aliphatic carbocycles. The van der Waals surface area contributed by atoms with Crippen LogP contribution in [0.3, 0.4) is 0 Å². The Kier molecular flexibility index (Phi) is 8.20. The molecule has 0 atom stereocenters. The number of nitrogens with zero attached hydrogens (tertiary/aromatic N) is 1. The van der Waals surface area contributed by atoms with Crippen LogP contribution in [0.15, 0.2) is 66.2 Å². The van der Waals surface area contributed by atoms with Crippen LogP contribution in [-0.4, -0.2) is 17.6 Å². The van der Waals surface area contributed by atoms with Crippen molar-refractivity contribution in [3.05, 3.63) is 87.4 Å². The summed E-state index contributed by atoms with van der Waals surface area (Å²) in [4.78, 5) is 12.5. The molecule has 2 N–H and O–H groups in total. The Hall–Kier alpha value is -3.66. The quantitative estimate of drug-likeness (QED) is 0.225. The topological polar surface area (TPSA) is 91.6 Å². The molecule has 3 aromatic carbocycles. The van der Waals surface area contributed by atoms with Gasteiger partial charge in [0.2, 0.25) is 0 Å². The lowest BCUT2D eigenvalue weighted by Gasteiger charge is -2.13. The number of amides is 1. The van der Waals surface area contributed by atoms with E-state index in [2.05, 4.69) is 5.32 Å². The first-order valence-corrected chi connectivity index (χ1v) is 10.7. The summed E-state index contributed by atoms with van der Waals surface area (Å²) in [5.74, 6) is 0.464. The molecule has 0 saturated carbocycles. The van der Waals surface area contributed by atoms with E-state index in [1.54, 1.807) is 36.4 Å². The Balaban J connectivity index is 1.78. The Labute approximate surface area is 201 Å². The van der Waals surface area contributed by atoms with Crippen molar-refractivity contribution in [2.24, 2.45) is 0 Å². The summed E-state index contributed by atoms with van der Waals surface area (Å²) in [7, 11) is 0. The van der Waals surface area contributed by atoms with E-state index in [0.29, 0.717) is 39.4 Å². The first-order chi connectivity index (χ1) is 15.9. The Bertz CT molecular complexity index is 1220. The van der Waals surface area contributed by atoms with Gasteiger partial charge in [0, 0.05) is 21.3 Å². The monoisotopic (exact) mass is 482 g/mol. The number of aromatic hydroxyl groups is 1. The maximum Gasteiger partial charge on any atom is 0.266 e. The fraction of sp³-hybridized carbons (Fsp3) is 0.120. The molecule has 0 aromatic heterocycles. The molecule has 8 heteroatoms. The third kappa shape index (κ3) is 6.66. The van der Waals surface area contributed by atoms with Gasteiger partial charge in [0.1, 0.15) is 24.0 Å². The lowest BCUT2D eigenvalue weighted by atomic mass is 10.1. The molecule has 0 heterocycles.